The van der Waals surface area contributed by atoms with Crippen LogP contribution in [0.15, 0.2) is 47.4 Å². The lowest BCUT2D eigenvalue weighted by molar-refractivity contribution is 0.629. The molecular formula is C18H16FN7S. The number of hydrogen-bond acceptors (Lipinski definition) is 7. The molecule has 27 heavy (non-hydrogen) atoms. The van der Waals surface area contributed by atoms with Crippen LogP contribution in [0.4, 0.5) is 22.0 Å². The second-order valence-electron chi connectivity index (χ2n) is 5.80. The molecule has 0 aliphatic heterocycles. The van der Waals surface area contributed by atoms with E-state index in [4.69, 9.17) is 5.73 Å². The van der Waals surface area contributed by atoms with Crippen LogP contribution < -0.4 is 11.1 Å². The van der Waals surface area contributed by atoms with Crippen LogP contribution in [0.5, 0.6) is 0 Å². The van der Waals surface area contributed by atoms with E-state index in [0.717, 1.165) is 10.6 Å². The highest BCUT2D eigenvalue weighted by Gasteiger charge is 2.14. The molecule has 0 amide bonds. The van der Waals surface area contributed by atoms with Crippen molar-refractivity contribution in [3.05, 3.63) is 54.1 Å². The number of nitrogens with one attached hydrogen (secondary N) is 1. The number of nitrogens with two attached hydrogens (primary N) is 1. The van der Waals surface area contributed by atoms with E-state index in [2.05, 4.69) is 25.3 Å². The summed E-state index contributed by atoms with van der Waals surface area (Å²) in [6.45, 7) is 1.80. The van der Waals surface area contributed by atoms with E-state index < -0.39 is 0 Å². The zero-order valence-electron chi connectivity index (χ0n) is 14.6. The fourth-order valence-electron chi connectivity index (χ4n) is 2.76. The Morgan fingerprint density at radius 1 is 1.04 bits per heavy atom. The van der Waals surface area contributed by atoms with Crippen LogP contribution in [0, 0.1) is 12.7 Å². The highest BCUT2D eigenvalue weighted by Crippen LogP contribution is 2.23. The maximum Gasteiger partial charge on any atom is 0.242 e. The Morgan fingerprint density at radius 2 is 1.81 bits per heavy atom. The Morgan fingerprint density at radius 3 is 2.56 bits per heavy atom. The van der Waals surface area contributed by atoms with E-state index in [-0.39, 0.29) is 17.7 Å². The fourth-order valence-corrected chi connectivity index (χ4v) is 3.17. The molecule has 0 bridgehead atoms. The van der Waals surface area contributed by atoms with Crippen molar-refractivity contribution in [3.8, 4) is 5.95 Å². The van der Waals surface area contributed by atoms with Gasteiger partial charge in [-0.2, -0.15) is 15.0 Å². The average molecular weight is 381 g/mol. The SMILES string of the molecule is CSc1ccc(Nc2nc(N)nc(-n3c(C)nc4ccc(F)cc43)n2)cc1. The Kier molecular flexibility index (Phi) is 4.36. The van der Waals surface area contributed by atoms with Crippen molar-refractivity contribution < 1.29 is 4.39 Å². The molecule has 0 radical (unpaired) electrons. The van der Waals surface area contributed by atoms with E-state index in [1.54, 1.807) is 29.3 Å². The molecule has 0 aliphatic rings. The first-order chi connectivity index (χ1) is 13.0. The maximum atomic E-state index is 13.7. The topological polar surface area (TPSA) is 94.5 Å². The normalized spacial score (nSPS) is 11.1. The van der Waals surface area contributed by atoms with Crippen molar-refractivity contribution >= 4 is 40.4 Å². The number of nitrogen functional groups attached to an aromatic ring is 1. The molecule has 4 rings (SSSR count). The van der Waals surface area contributed by atoms with Crippen molar-refractivity contribution in [1.82, 2.24) is 24.5 Å². The molecule has 2 aromatic heterocycles. The number of benzene rings is 2. The fraction of sp³-hybridized carbons (Fsp3) is 0.111. The van der Waals surface area contributed by atoms with Crippen molar-refractivity contribution in [2.45, 2.75) is 11.8 Å². The standard InChI is InChI=1S/C18H16FN7S/c1-10-21-14-8-3-11(19)9-15(14)26(10)18-24-16(20)23-17(25-18)22-12-4-6-13(27-2)7-5-12/h3-9H,1-2H3,(H3,20,22,23,24,25). The molecule has 0 fully saturated rings. The first-order valence-corrected chi connectivity index (χ1v) is 9.33. The van der Waals surface area contributed by atoms with Gasteiger partial charge in [0, 0.05) is 16.6 Å². The largest absolute Gasteiger partial charge is 0.368 e. The minimum Gasteiger partial charge on any atom is -0.368 e. The Bertz CT molecular complexity index is 1120. The van der Waals surface area contributed by atoms with E-state index in [1.807, 2.05) is 30.5 Å². The van der Waals surface area contributed by atoms with Gasteiger partial charge in [-0.15, -0.1) is 11.8 Å². The number of nitrogens with zero attached hydrogens (tertiary/aromatic N) is 5. The number of imidazole rings is 1. The first kappa shape index (κ1) is 17.2. The third-order valence-electron chi connectivity index (χ3n) is 3.97. The smallest absolute Gasteiger partial charge is 0.242 e. The molecule has 0 spiro atoms. The second kappa shape index (κ2) is 6.84. The highest BCUT2D eigenvalue weighted by molar-refractivity contribution is 7.98. The number of aromatic nitrogens is 5. The summed E-state index contributed by atoms with van der Waals surface area (Å²) in [5, 5.41) is 3.12. The Balaban J connectivity index is 1.76. The second-order valence-corrected chi connectivity index (χ2v) is 6.68. The van der Waals surface area contributed by atoms with E-state index in [9.17, 15) is 4.39 Å². The van der Waals surface area contributed by atoms with Gasteiger partial charge >= 0.3 is 0 Å². The molecule has 0 unspecified atom stereocenters. The number of halogens is 1. The van der Waals surface area contributed by atoms with Gasteiger partial charge in [0.25, 0.3) is 0 Å². The highest BCUT2D eigenvalue weighted by atomic mass is 32.2. The maximum absolute atomic E-state index is 13.7. The number of fused-ring (bicyclic) bond motifs is 1. The van der Waals surface area contributed by atoms with Crippen LogP contribution in [-0.4, -0.2) is 30.8 Å². The minimum absolute atomic E-state index is 0.0564. The summed E-state index contributed by atoms with van der Waals surface area (Å²) in [5.41, 5.74) is 7.91. The van der Waals surface area contributed by atoms with Gasteiger partial charge in [0.2, 0.25) is 17.8 Å². The predicted molar refractivity (Wildman–Crippen MR) is 105 cm³/mol. The Hall–Kier alpha value is -3.20. The number of thioether (sulfide) groups is 1. The van der Waals surface area contributed by atoms with Crippen LogP contribution in [-0.2, 0) is 0 Å². The number of aryl methyl sites for hydroxylation is 1. The molecule has 4 aromatic rings. The van der Waals surface area contributed by atoms with Crippen molar-refractivity contribution in [3.63, 3.8) is 0 Å². The number of rotatable bonds is 4. The van der Waals surface area contributed by atoms with Gasteiger partial charge in [0.15, 0.2) is 0 Å². The van der Waals surface area contributed by atoms with Crippen LogP contribution >= 0.6 is 11.8 Å². The molecule has 0 aliphatic carbocycles. The summed E-state index contributed by atoms with van der Waals surface area (Å²) >= 11 is 1.66. The Labute approximate surface area is 158 Å². The molecule has 3 N–H and O–H groups in total. The zero-order chi connectivity index (χ0) is 19.0. The van der Waals surface area contributed by atoms with Crippen LogP contribution in [0.3, 0.4) is 0 Å². The van der Waals surface area contributed by atoms with Crippen molar-refractivity contribution in [2.75, 3.05) is 17.3 Å². The lowest BCUT2D eigenvalue weighted by Gasteiger charge is -2.09. The summed E-state index contributed by atoms with van der Waals surface area (Å²) < 4.78 is 15.4. The molecule has 0 saturated heterocycles. The summed E-state index contributed by atoms with van der Waals surface area (Å²) in [5.74, 6) is 0.888. The summed E-state index contributed by atoms with van der Waals surface area (Å²) in [7, 11) is 0. The van der Waals surface area contributed by atoms with Gasteiger partial charge in [0.1, 0.15) is 11.6 Å². The quantitative estimate of drug-likeness (QED) is 0.520. The van der Waals surface area contributed by atoms with Gasteiger partial charge in [-0.3, -0.25) is 4.57 Å². The van der Waals surface area contributed by atoms with E-state index >= 15 is 0 Å². The molecule has 2 aromatic carbocycles. The van der Waals surface area contributed by atoms with Crippen LogP contribution in [0.2, 0.25) is 0 Å². The first-order valence-electron chi connectivity index (χ1n) is 8.11. The van der Waals surface area contributed by atoms with Gasteiger partial charge < -0.3 is 11.1 Å². The minimum atomic E-state index is -0.363. The summed E-state index contributed by atoms with van der Waals surface area (Å²) in [6, 6.07) is 12.2. The predicted octanol–water partition coefficient (Wildman–Crippen LogP) is 3.71. The van der Waals surface area contributed by atoms with Crippen LogP contribution in [0.25, 0.3) is 17.0 Å². The third-order valence-corrected chi connectivity index (χ3v) is 4.71. The molecule has 0 atom stereocenters. The van der Waals surface area contributed by atoms with Crippen LogP contribution in [0.1, 0.15) is 5.82 Å². The van der Waals surface area contributed by atoms with E-state index in [0.29, 0.717) is 22.8 Å². The molecule has 136 valence electrons. The summed E-state index contributed by atoms with van der Waals surface area (Å²) in [6.07, 6.45) is 2.02. The van der Waals surface area contributed by atoms with Gasteiger partial charge in [0.05, 0.1) is 11.0 Å². The third kappa shape index (κ3) is 3.41. The van der Waals surface area contributed by atoms with Gasteiger partial charge in [-0.05, 0) is 49.6 Å². The van der Waals surface area contributed by atoms with Gasteiger partial charge in [-0.25, -0.2) is 9.37 Å². The molecule has 2 heterocycles. The number of hydrogen-bond donors (Lipinski definition) is 2. The lowest BCUT2D eigenvalue weighted by Crippen LogP contribution is -2.10. The lowest BCUT2D eigenvalue weighted by atomic mass is 10.3. The molecule has 7 nitrogen and oxygen atoms in total. The summed E-state index contributed by atoms with van der Waals surface area (Å²) in [4.78, 5) is 18.4. The number of anilines is 3. The molecular weight excluding hydrogens is 365 g/mol. The average Bonchev–Trinajstić information content (AvgIpc) is 2.97. The molecule has 9 heteroatoms. The zero-order valence-corrected chi connectivity index (χ0v) is 15.5. The monoisotopic (exact) mass is 381 g/mol. The van der Waals surface area contributed by atoms with Crippen molar-refractivity contribution in [1.29, 1.82) is 0 Å². The van der Waals surface area contributed by atoms with Crippen molar-refractivity contribution in [2.24, 2.45) is 0 Å². The molecule has 0 saturated carbocycles. The van der Waals surface area contributed by atoms with Gasteiger partial charge in [-0.1, -0.05) is 0 Å². The van der Waals surface area contributed by atoms with E-state index in [1.165, 1.54) is 12.1 Å².